The minimum Gasteiger partial charge on any atom is -0.370 e. The number of rotatable bonds is 4. The van der Waals surface area contributed by atoms with Gasteiger partial charge >= 0.3 is 0 Å². The molecule has 0 heterocycles. The van der Waals surface area contributed by atoms with E-state index in [0.29, 0.717) is 0 Å². The highest BCUT2D eigenvalue weighted by Gasteiger charge is 2.19. The Kier molecular flexibility index (Phi) is 5.18. The molecule has 0 bridgehead atoms. The number of Topliss-reactive ketones (excluding diaryl/α,β-unsaturated/α-hetero) is 1. The zero-order valence-corrected chi connectivity index (χ0v) is 12.9. The van der Waals surface area contributed by atoms with E-state index in [-0.39, 0.29) is 18.5 Å². The lowest BCUT2D eigenvalue weighted by molar-refractivity contribution is 0.0217. The Morgan fingerprint density at radius 1 is 1.22 bits per heavy atom. The highest BCUT2D eigenvalue weighted by molar-refractivity contribution is 14.1. The Hall–Kier alpha value is -0.420. The maximum absolute atomic E-state index is 11.9. The van der Waals surface area contributed by atoms with E-state index in [1.54, 1.807) is 0 Å². The Bertz CT molecular complexity index is 391. The molecule has 0 radical (unpaired) electrons. The molecule has 2 nitrogen and oxygen atoms in total. The quantitative estimate of drug-likeness (QED) is 0.599. The van der Waals surface area contributed by atoms with Crippen LogP contribution in [0, 0.1) is 9.49 Å². The lowest BCUT2D eigenvalue weighted by atomic mass is 9.89. The van der Waals surface area contributed by atoms with Crippen LogP contribution in [0.4, 0.5) is 0 Å². The lowest BCUT2D eigenvalue weighted by Crippen LogP contribution is -2.23. The third-order valence-corrected chi connectivity index (χ3v) is 4.30. The first-order valence-electron chi connectivity index (χ1n) is 6.55. The highest BCUT2D eigenvalue weighted by Crippen LogP contribution is 2.25. The summed E-state index contributed by atoms with van der Waals surface area (Å²) in [5, 5.41) is 0. The van der Waals surface area contributed by atoms with Gasteiger partial charge in [0.05, 0.1) is 6.10 Å². The van der Waals surface area contributed by atoms with Crippen molar-refractivity contribution >= 4 is 28.4 Å². The van der Waals surface area contributed by atoms with E-state index in [1.807, 2.05) is 24.3 Å². The van der Waals surface area contributed by atoms with E-state index < -0.39 is 0 Å². The lowest BCUT2D eigenvalue weighted by Gasteiger charge is -2.25. The topological polar surface area (TPSA) is 26.3 Å². The minimum absolute atomic E-state index is 0.0880. The summed E-state index contributed by atoms with van der Waals surface area (Å²) >= 11 is 2.24. The SMILES string of the molecule is CC1CCC(OCC(=O)c2ccc(I)cc2)CC1. The first-order chi connectivity index (χ1) is 8.65. The zero-order valence-electron chi connectivity index (χ0n) is 10.7. The van der Waals surface area contributed by atoms with Crippen LogP contribution in [0.3, 0.4) is 0 Å². The number of carbonyl (C=O) groups excluding carboxylic acids is 1. The maximum atomic E-state index is 11.9. The van der Waals surface area contributed by atoms with Gasteiger partial charge in [-0.1, -0.05) is 19.1 Å². The van der Waals surface area contributed by atoms with Crippen LogP contribution in [0.15, 0.2) is 24.3 Å². The van der Waals surface area contributed by atoms with E-state index in [9.17, 15) is 4.79 Å². The summed E-state index contributed by atoms with van der Waals surface area (Å²) in [5.74, 6) is 0.904. The number of halogens is 1. The second-order valence-electron chi connectivity index (χ2n) is 5.12. The van der Waals surface area contributed by atoms with Crippen LogP contribution >= 0.6 is 22.6 Å². The molecule has 0 aliphatic heterocycles. The number of ether oxygens (including phenoxy) is 1. The van der Waals surface area contributed by atoms with Gasteiger partial charge in [-0.25, -0.2) is 0 Å². The summed E-state index contributed by atoms with van der Waals surface area (Å²) in [6.45, 7) is 2.51. The highest BCUT2D eigenvalue weighted by atomic mass is 127. The number of hydrogen-bond donors (Lipinski definition) is 0. The van der Waals surface area contributed by atoms with E-state index in [1.165, 1.54) is 12.8 Å². The predicted molar refractivity (Wildman–Crippen MR) is 80.9 cm³/mol. The van der Waals surface area contributed by atoms with Gasteiger partial charge in [0.1, 0.15) is 6.61 Å². The standard InChI is InChI=1S/C15H19IO2/c1-11-2-8-14(9-3-11)18-10-15(17)12-4-6-13(16)7-5-12/h4-7,11,14H,2-3,8-10H2,1H3. The molecule has 18 heavy (non-hydrogen) atoms. The fourth-order valence-corrected chi connectivity index (χ4v) is 2.67. The van der Waals surface area contributed by atoms with Crippen molar-refractivity contribution in [2.75, 3.05) is 6.61 Å². The van der Waals surface area contributed by atoms with Crippen LogP contribution < -0.4 is 0 Å². The summed E-state index contributed by atoms with van der Waals surface area (Å²) in [6.07, 6.45) is 4.93. The largest absolute Gasteiger partial charge is 0.370 e. The van der Waals surface area contributed by atoms with E-state index in [0.717, 1.165) is 27.9 Å². The molecule has 0 unspecified atom stereocenters. The van der Waals surface area contributed by atoms with Crippen molar-refractivity contribution in [2.45, 2.75) is 38.7 Å². The monoisotopic (exact) mass is 358 g/mol. The van der Waals surface area contributed by atoms with Crippen molar-refractivity contribution in [1.82, 2.24) is 0 Å². The third kappa shape index (κ3) is 4.05. The molecule has 0 saturated heterocycles. The van der Waals surface area contributed by atoms with Crippen molar-refractivity contribution in [3.8, 4) is 0 Å². The summed E-state index contributed by atoms with van der Waals surface area (Å²) in [4.78, 5) is 11.9. The molecule has 1 aliphatic carbocycles. The molecule has 98 valence electrons. The van der Waals surface area contributed by atoms with Crippen molar-refractivity contribution in [1.29, 1.82) is 0 Å². The molecule has 1 aromatic rings. The fraction of sp³-hybridized carbons (Fsp3) is 0.533. The normalized spacial score (nSPS) is 23.9. The van der Waals surface area contributed by atoms with Gasteiger partial charge < -0.3 is 4.74 Å². The fourth-order valence-electron chi connectivity index (χ4n) is 2.31. The van der Waals surface area contributed by atoms with Gasteiger partial charge in [-0.2, -0.15) is 0 Å². The smallest absolute Gasteiger partial charge is 0.188 e. The van der Waals surface area contributed by atoms with E-state index in [2.05, 4.69) is 29.5 Å². The molecule has 1 aromatic carbocycles. The summed E-state index contributed by atoms with van der Waals surface area (Å²) in [6, 6.07) is 7.65. The molecule has 0 N–H and O–H groups in total. The van der Waals surface area contributed by atoms with E-state index in [4.69, 9.17) is 4.74 Å². The first-order valence-corrected chi connectivity index (χ1v) is 7.63. The van der Waals surface area contributed by atoms with Gasteiger partial charge in [-0.05, 0) is 66.3 Å². The molecular formula is C15H19IO2. The molecule has 3 heteroatoms. The van der Waals surface area contributed by atoms with Crippen LogP contribution in [-0.2, 0) is 4.74 Å². The van der Waals surface area contributed by atoms with Crippen molar-refractivity contribution < 1.29 is 9.53 Å². The molecule has 2 rings (SSSR count). The first kappa shape index (κ1) is 14.0. The predicted octanol–water partition coefficient (Wildman–Crippen LogP) is 4.07. The van der Waals surface area contributed by atoms with Crippen LogP contribution in [-0.4, -0.2) is 18.5 Å². The second-order valence-corrected chi connectivity index (χ2v) is 6.37. The van der Waals surface area contributed by atoms with Gasteiger partial charge in [-0.3, -0.25) is 4.79 Å². The minimum atomic E-state index is 0.0880. The summed E-state index contributed by atoms with van der Waals surface area (Å²) in [5.41, 5.74) is 0.750. The molecule has 1 aliphatic rings. The third-order valence-electron chi connectivity index (χ3n) is 3.58. The molecular weight excluding hydrogens is 339 g/mol. The van der Waals surface area contributed by atoms with Gasteiger partial charge in [0.2, 0.25) is 0 Å². The molecule has 1 saturated carbocycles. The second kappa shape index (κ2) is 6.66. The molecule has 0 aromatic heterocycles. The Labute approximate surface area is 122 Å². The molecule has 0 spiro atoms. The molecule has 0 amide bonds. The molecule has 1 fully saturated rings. The Morgan fingerprint density at radius 3 is 2.44 bits per heavy atom. The van der Waals surface area contributed by atoms with E-state index >= 15 is 0 Å². The Morgan fingerprint density at radius 2 is 1.83 bits per heavy atom. The van der Waals surface area contributed by atoms with Gasteiger partial charge in [-0.15, -0.1) is 0 Å². The maximum Gasteiger partial charge on any atom is 0.188 e. The zero-order chi connectivity index (χ0) is 13.0. The van der Waals surface area contributed by atoms with Crippen LogP contribution in [0.5, 0.6) is 0 Å². The number of hydrogen-bond acceptors (Lipinski definition) is 2. The summed E-state index contributed by atoms with van der Waals surface area (Å²) < 4.78 is 6.87. The van der Waals surface area contributed by atoms with Crippen LogP contribution in [0.2, 0.25) is 0 Å². The van der Waals surface area contributed by atoms with Crippen LogP contribution in [0.25, 0.3) is 0 Å². The van der Waals surface area contributed by atoms with Crippen molar-refractivity contribution in [3.05, 3.63) is 33.4 Å². The average Bonchev–Trinajstić information content (AvgIpc) is 2.38. The number of ketones is 1. The van der Waals surface area contributed by atoms with Crippen molar-refractivity contribution in [3.63, 3.8) is 0 Å². The average molecular weight is 358 g/mol. The van der Waals surface area contributed by atoms with Crippen LogP contribution in [0.1, 0.15) is 43.0 Å². The van der Waals surface area contributed by atoms with Gasteiger partial charge in [0, 0.05) is 9.13 Å². The summed E-state index contributed by atoms with van der Waals surface area (Å²) in [7, 11) is 0. The molecule has 0 atom stereocenters. The van der Waals surface area contributed by atoms with Gasteiger partial charge in [0.25, 0.3) is 0 Å². The number of carbonyl (C=O) groups is 1. The van der Waals surface area contributed by atoms with Gasteiger partial charge in [0.15, 0.2) is 5.78 Å². The Balaban J connectivity index is 1.79. The van der Waals surface area contributed by atoms with Crippen molar-refractivity contribution in [2.24, 2.45) is 5.92 Å². The number of benzene rings is 1.